The van der Waals surface area contributed by atoms with Crippen LogP contribution < -0.4 is 0 Å². The average Bonchev–Trinajstić information content (AvgIpc) is 3.40. The fourth-order valence-corrected chi connectivity index (χ4v) is 6.10. The van der Waals surface area contributed by atoms with Gasteiger partial charge in [0.15, 0.2) is 0 Å². The highest BCUT2D eigenvalue weighted by Gasteiger charge is 2.23. The van der Waals surface area contributed by atoms with Crippen LogP contribution in [0, 0.1) is 0 Å². The number of thiophene rings is 2. The SMILES string of the molecule is c1cc(-c2ccc(CN3CCc4nc(C5CCCCC5)ncc4C3)s2)cs1. The van der Waals surface area contributed by atoms with Crippen LogP contribution in [-0.2, 0) is 19.5 Å². The topological polar surface area (TPSA) is 29.0 Å². The summed E-state index contributed by atoms with van der Waals surface area (Å²) >= 11 is 3.69. The Hall–Kier alpha value is -1.56. The Bertz CT molecular complexity index is 894. The molecule has 0 saturated heterocycles. The van der Waals surface area contributed by atoms with Gasteiger partial charge in [0.05, 0.1) is 0 Å². The number of hydrogen-bond acceptors (Lipinski definition) is 5. The summed E-state index contributed by atoms with van der Waals surface area (Å²) in [7, 11) is 0. The normalized spacial score (nSPS) is 18.5. The first-order chi connectivity index (χ1) is 13.3. The van der Waals surface area contributed by atoms with Crippen LogP contribution in [0.3, 0.4) is 0 Å². The van der Waals surface area contributed by atoms with Gasteiger partial charge in [-0.3, -0.25) is 4.90 Å². The fraction of sp³-hybridized carbons (Fsp3) is 0.455. The molecule has 27 heavy (non-hydrogen) atoms. The molecule has 0 amide bonds. The average molecular weight is 396 g/mol. The van der Waals surface area contributed by atoms with Crippen molar-refractivity contribution in [2.75, 3.05) is 6.54 Å². The van der Waals surface area contributed by atoms with Crippen LogP contribution in [0.25, 0.3) is 10.4 Å². The van der Waals surface area contributed by atoms with Crippen molar-refractivity contribution in [3.8, 4) is 10.4 Å². The van der Waals surface area contributed by atoms with Crippen molar-refractivity contribution >= 4 is 22.7 Å². The van der Waals surface area contributed by atoms with Crippen LogP contribution in [0.5, 0.6) is 0 Å². The minimum absolute atomic E-state index is 0.601. The zero-order chi connectivity index (χ0) is 18.1. The summed E-state index contributed by atoms with van der Waals surface area (Å²) < 4.78 is 0. The quantitative estimate of drug-likeness (QED) is 0.553. The number of aromatic nitrogens is 2. The molecule has 2 aliphatic rings. The fourth-order valence-electron chi connectivity index (χ4n) is 4.33. The molecule has 0 spiro atoms. The molecular formula is C22H25N3S2. The van der Waals surface area contributed by atoms with Gasteiger partial charge >= 0.3 is 0 Å². The van der Waals surface area contributed by atoms with E-state index in [0.29, 0.717) is 5.92 Å². The summed E-state index contributed by atoms with van der Waals surface area (Å²) in [6.45, 7) is 3.10. The van der Waals surface area contributed by atoms with E-state index in [0.717, 1.165) is 31.9 Å². The van der Waals surface area contributed by atoms with Crippen molar-refractivity contribution in [3.63, 3.8) is 0 Å². The molecule has 0 aromatic carbocycles. The molecule has 3 aromatic rings. The smallest absolute Gasteiger partial charge is 0.131 e. The second kappa shape index (κ2) is 7.82. The van der Waals surface area contributed by atoms with Gasteiger partial charge in [-0.2, -0.15) is 11.3 Å². The van der Waals surface area contributed by atoms with E-state index in [9.17, 15) is 0 Å². The van der Waals surface area contributed by atoms with Gasteiger partial charge in [-0.05, 0) is 41.8 Å². The number of rotatable bonds is 4. The van der Waals surface area contributed by atoms with Crippen molar-refractivity contribution in [2.45, 2.75) is 57.5 Å². The second-order valence-electron chi connectivity index (χ2n) is 7.77. The summed E-state index contributed by atoms with van der Waals surface area (Å²) in [6, 6.07) is 6.76. The van der Waals surface area contributed by atoms with Crippen molar-refractivity contribution in [2.24, 2.45) is 0 Å². The first kappa shape index (κ1) is 17.5. The predicted octanol–water partition coefficient (Wildman–Crippen LogP) is 5.87. The Morgan fingerprint density at radius 3 is 2.89 bits per heavy atom. The van der Waals surface area contributed by atoms with E-state index in [1.807, 2.05) is 11.3 Å². The third-order valence-corrected chi connectivity index (χ3v) is 7.65. The Kier molecular flexibility index (Phi) is 5.08. The molecule has 1 saturated carbocycles. The highest BCUT2D eigenvalue weighted by Crippen LogP contribution is 2.33. The van der Waals surface area contributed by atoms with E-state index in [-0.39, 0.29) is 0 Å². The van der Waals surface area contributed by atoms with E-state index in [4.69, 9.17) is 9.97 Å². The van der Waals surface area contributed by atoms with E-state index in [1.54, 1.807) is 11.3 Å². The Morgan fingerprint density at radius 2 is 2.04 bits per heavy atom. The lowest BCUT2D eigenvalue weighted by Crippen LogP contribution is -2.31. The van der Waals surface area contributed by atoms with Crippen LogP contribution in [0.4, 0.5) is 0 Å². The molecule has 1 fully saturated rings. The van der Waals surface area contributed by atoms with Crippen LogP contribution in [-0.4, -0.2) is 21.4 Å². The van der Waals surface area contributed by atoms with Gasteiger partial charge in [-0.15, -0.1) is 11.3 Å². The second-order valence-corrected chi connectivity index (χ2v) is 9.72. The lowest BCUT2D eigenvalue weighted by Gasteiger charge is -2.28. The van der Waals surface area contributed by atoms with Crippen LogP contribution >= 0.6 is 22.7 Å². The van der Waals surface area contributed by atoms with Gasteiger partial charge in [0, 0.05) is 64.7 Å². The molecule has 140 valence electrons. The lowest BCUT2D eigenvalue weighted by atomic mass is 9.88. The van der Waals surface area contributed by atoms with Crippen molar-refractivity contribution in [3.05, 3.63) is 57.1 Å². The number of nitrogens with zero attached hydrogens (tertiary/aromatic N) is 3. The standard InChI is InChI=1S/C22H25N3S2/c1-2-4-16(5-3-1)22-23-12-18-13-25(10-8-20(18)24-22)14-19-6-7-21(27-19)17-9-11-26-15-17/h6-7,9,11-12,15-16H,1-5,8,10,13-14H2. The monoisotopic (exact) mass is 395 g/mol. The van der Waals surface area contributed by atoms with Gasteiger partial charge in [0.2, 0.25) is 0 Å². The molecule has 3 nitrogen and oxygen atoms in total. The van der Waals surface area contributed by atoms with Gasteiger partial charge in [-0.25, -0.2) is 9.97 Å². The third-order valence-electron chi connectivity index (χ3n) is 5.85. The molecule has 0 bridgehead atoms. The lowest BCUT2D eigenvalue weighted by molar-refractivity contribution is 0.244. The minimum Gasteiger partial charge on any atom is -0.293 e. The van der Waals surface area contributed by atoms with E-state index in [1.165, 1.54) is 58.7 Å². The van der Waals surface area contributed by atoms with Gasteiger partial charge in [-0.1, -0.05) is 19.3 Å². The maximum absolute atomic E-state index is 4.98. The Balaban J connectivity index is 1.26. The van der Waals surface area contributed by atoms with E-state index in [2.05, 4.69) is 40.1 Å². The van der Waals surface area contributed by atoms with E-state index < -0.39 is 0 Å². The molecule has 5 heteroatoms. The van der Waals surface area contributed by atoms with Crippen LogP contribution in [0.15, 0.2) is 35.2 Å². The predicted molar refractivity (Wildman–Crippen MR) is 113 cm³/mol. The summed E-state index contributed by atoms with van der Waals surface area (Å²) in [4.78, 5) is 15.1. The molecule has 0 N–H and O–H groups in total. The minimum atomic E-state index is 0.601. The maximum Gasteiger partial charge on any atom is 0.131 e. The zero-order valence-corrected chi connectivity index (χ0v) is 17.2. The van der Waals surface area contributed by atoms with Gasteiger partial charge < -0.3 is 0 Å². The molecule has 4 heterocycles. The van der Waals surface area contributed by atoms with Gasteiger partial charge in [0.1, 0.15) is 5.82 Å². The highest BCUT2D eigenvalue weighted by atomic mass is 32.1. The summed E-state index contributed by atoms with van der Waals surface area (Å²) in [5, 5.41) is 4.38. The third kappa shape index (κ3) is 3.86. The summed E-state index contributed by atoms with van der Waals surface area (Å²) in [5.41, 5.74) is 3.98. The Labute approximate surface area is 169 Å². The van der Waals surface area contributed by atoms with Crippen LogP contribution in [0.1, 0.15) is 60.0 Å². The van der Waals surface area contributed by atoms with Crippen molar-refractivity contribution in [1.82, 2.24) is 14.9 Å². The first-order valence-corrected chi connectivity index (χ1v) is 11.8. The summed E-state index contributed by atoms with van der Waals surface area (Å²) in [6.07, 6.45) is 9.78. The molecule has 1 aliphatic carbocycles. The van der Waals surface area contributed by atoms with Crippen LogP contribution in [0.2, 0.25) is 0 Å². The molecular weight excluding hydrogens is 370 g/mol. The first-order valence-electron chi connectivity index (χ1n) is 10.0. The number of hydrogen-bond donors (Lipinski definition) is 0. The Morgan fingerprint density at radius 1 is 1.11 bits per heavy atom. The summed E-state index contributed by atoms with van der Waals surface area (Å²) in [5.74, 6) is 1.71. The van der Waals surface area contributed by atoms with E-state index >= 15 is 0 Å². The molecule has 1 aliphatic heterocycles. The highest BCUT2D eigenvalue weighted by molar-refractivity contribution is 7.16. The molecule has 5 rings (SSSR count). The maximum atomic E-state index is 4.98. The number of fused-ring (bicyclic) bond motifs is 1. The molecule has 0 radical (unpaired) electrons. The van der Waals surface area contributed by atoms with Gasteiger partial charge in [0.25, 0.3) is 0 Å². The zero-order valence-electron chi connectivity index (χ0n) is 15.6. The molecule has 3 aromatic heterocycles. The van der Waals surface area contributed by atoms with Crippen molar-refractivity contribution < 1.29 is 0 Å². The molecule has 0 unspecified atom stereocenters. The van der Waals surface area contributed by atoms with Crippen molar-refractivity contribution in [1.29, 1.82) is 0 Å². The largest absolute Gasteiger partial charge is 0.293 e. The molecule has 0 atom stereocenters.